The van der Waals surface area contributed by atoms with Gasteiger partial charge in [-0.3, -0.25) is 4.79 Å². The number of sulfone groups is 1. The summed E-state index contributed by atoms with van der Waals surface area (Å²) in [5.41, 5.74) is -0.377. The van der Waals surface area contributed by atoms with Crippen molar-refractivity contribution in [3.63, 3.8) is 0 Å². The summed E-state index contributed by atoms with van der Waals surface area (Å²) in [4.78, 5) is 12.1. The average Bonchev–Trinajstić information content (AvgIpc) is 2.78. The van der Waals surface area contributed by atoms with Crippen molar-refractivity contribution >= 4 is 50.3 Å². The van der Waals surface area contributed by atoms with Gasteiger partial charge in [-0.2, -0.15) is 13.2 Å². The predicted octanol–water partition coefficient (Wildman–Crippen LogP) is 6.21. The highest BCUT2D eigenvalue weighted by Crippen LogP contribution is 2.40. The molecule has 3 rings (SSSR count). The van der Waals surface area contributed by atoms with Gasteiger partial charge in [0.25, 0.3) is 0 Å². The van der Waals surface area contributed by atoms with Crippen LogP contribution in [0.25, 0.3) is 0 Å². The maximum Gasteiger partial charge on any atom is 0.416 e. The summed E-state index contributed by atoms with van der Waals surface area (Å²) in [7, 11) is -2.82. The third-order valence-electron chi connectivity index (χ3n) is 4.89. The Balaban J connectivity index is 1.90. The van der Waals surface area contributed by atoms with Crippen molar-refractivity contribution in [2.75, 3.05) is 24.3 Å². The van der Waals surface area contributed by atoms with Crippen molar-refractivity contribution in [1.29, 1.82) is 0 Å². The van der Waals surface area contributed by atoms with Gasteiger partial charge in [0.05, 0.1) is 40.5 Å². The molecule has 12 heteroatoms. The summed E-state index contributed by atoms with van der Waals surface area (Å²) in [5.74, 6) is -0.667. The van der Waals surface area contributed by atoms with Gasteiger partial charge >= 0.3 is 6.18 Å². The van der Waals surface area contributed by atoms with Crippen LogP contribution in [0.15, 0.2) is 64.4 Å². The first-order chi connectivity index (χ1) is 16.3. The number of carbonyl (C=O) groups is 1. The first-order valence-electron chi connectivity index (χ1n) is 9.93. The standard InChI is InChI=1S/C23H19Cl2F3N2O4S/c1-13-3-6-15(7-4-13)35(32,33)22-17(9-10-19(34-2)21(22)25)29-12-20(31)30-18-11-14(23(26,27)28)5-8-16(18)24/h3-11,29H,12H2,1-2H3,(H,30,31). The highest BCUT2D eigenvalue weighted by molar-refractivity contribution is 7.91. The number of rotatable bonds is 7. The number of anilines is 2. The number of ether oxygens (including phenoxy) is 1. The van der Waals surface area contributed by atoms with Gasteiger partial charge in [-0.25, -0.2) is 8.42 Å². The zero-order valence-corrected chi connectivity index (χ0v) is 20.7. The Hall–Kier alpha value is -2.95. The molecule has 0 saturated carbocycles. The van der Waals surface area contributed by atoms with Crippen molar-refractivity contribution in [3.05, 3.63) is 75.8 Å². The van der Waals surface area contributed by atoms with Crippen LogP contribution in [0.3, 0.4) is 0 Å². The molecule has 186 valence electrons. The van der Waals surface area contributed by atoms with Crippen molar-refractivity contribution in [3.8, 4) is 5.75 Å². The van der Waals surface area contributed by atoms with E-state index in [0.29, 0.717) is 6.07 Å². The third kappa shape index (κ3) is 6.01. The molecule has 0 atom stereocenters. The molecule has 0 heterocycles. The zero-order valence-electron chi connectivity index (χ0n) is 18.3. The molecule has 6 nitrogen and oxygen atoms in total. The Labute approximate surface area is 209 Å². The van der Waals surface area contributed by atoms with Gasteiger partial charge < -0.3 is 15.4 Å². The summed E-state index contributed by atoms with van der Waals surface area (Å²) in [6, 6.07) is 11.4. The van der Waals surface area contributed by atoms with E-state index in [1.54, 1.807) is 19.1 Å². The van der Waals surface area contributed by atoms with Gasteiger partial charge in [-0.1, -0.05) is 40.9 Å². The van der Waals surface area contributed by atoms with Gasteiger partial charge in [0.1, 0.15) is 15.7 Å². The Morgan fingerprint density at radius 2 is 1.66 bits per heavy atom. The lowest BCUT2D eigenvalue weighted by Gasteiger charge is -2.17. The van der Waals surface area contributed by atoms with Crippen LogP contribution in [0, 0.1) is 6.92 Å². The van der Waals surface area contributed by atoms with Gasteiger partial charge in [-0.05, 0) is 49.4 Å². The average molecular weight is 547 g/mol. The number of aryl methyl sites for hydroxylation is 1. The lowest BCUT2D eigenvalue weighted by molar-refractivity contribution is -0.137. The first-order valence-corrected chi connectivity index (χ1v) is 12.2. The number of hydrogen-bond acceptors (Lipinski definition) is 5. The number of amides is 1. The minimum atomic E-state index is -4.62. The summed E-state index contributed by atoms with van der Waals surface area (Å²) < 4.78 is 70.8. The quantitative estimate of drug-likeness (QED) is 0.368. The molecule has 3 aromatic rings. The number of halogens is 5. The fourth-order valence-electron chi connectivity index (χ4n) is 3.10. The molecule has 3 aromatic carbocycles. The van der Waals surface area contributed by atoms with Crippen LogP contribution in [0.1, 0.15) is 11.1 Å². The monoisotopic (exact) mass is 546 g/mol. The normalized spacial score (nSPS) is 11.7. The highest BCUT2D eigenvalue weighted by Gasteiger charge is 2.31. The number of carbonyl (C=O) groups excluding carboxylic acids is 1. The van der Waals surface area contributed by atoms with E-state index in [0.717, 1.165) is 17.7 Å². The Morgan fingerprint density at radius 3 is 2.26 bits per heavy atom. The van der Waals surface area contributed by atoms with Gasteiger partial charge in [0.2, 0.25) is 15.7 Å². The third-order valence-corrected chi connectivity index (χ3v) is 7.56. The summed E-state index contributed by atoms with van der Waals surface area (Å²) in [6.45, 7) is 1.31. The largest absolute Gasteiger partial charge is 0.495 e. The van der Waals surface area contributed by atoms with Crippen LogP contribution in [-0.4, -0.2) is 28.0 Å². The molecular weight excluding hydrogens is 528 g/mol. The van der Waals surface area contributed by atoms with Crippen molar-refractivity contribution in [2.45, 2.75) is 22.9 Å². The molecular formula is C23H19Cl2F3N2O4S. The van der Waals surface area contributed by atoms with Gasteiger partial charge in [0.15, 0.2) is 0 Å². The molecule has 0 aliphatic carbocycles. The van der Waals surface area contributed by atoms with E-state index in [2.05, 4.69) is 10.6 Å². The molecule has 0 aliphatic heterocycles. The second kappa shape index (κ2) is 10.3. The maximum absolute atomic E-state index is 13.4. The smallest absolute Gasteiger partial charge is 0.416 e. The highest BCUT2D eigenvalue weighted by atomic mass is 35.5. The van der Waals surface area contributed by atoms with E-state index in [1.807, 2.05) is 0 Å². The van der Waals surface area contributed by atoms with E-state index in [-0.39, 0.29) is 37.0 Å². The number of benzene rings is 3. The number of hydrogen-bond donors (Lipinski definition) is 2. The minimum absolute atomic E-state index is 0.00154. The second-order valence-electron chi connectivity index (χ2n) is 7.37. The fraction of sp³-hybridized carbons (Fsp3) is 0.174. The molecule has 0 aromatic heterocycles. The van der Waals surface area contributed by atoms with E-state index >= 15 is 0 Å². The number of nitrogens with one attached hydrogen (secondary N) is 2. The molecule has 0 spiro atoms. The number of alkyl halides is 3. The molecule has 0 fully saturated rings. The van der Waals surface area contributed by atoms with Crippen LogP contribution in [0.5, 0.6) is 5.75 Å². The van der Waals surface area contributed by atoms with Crippen LogP contribution in [0.4, 0.5) is 24.5 Å². The number of methoxy groups -OCH3 is 1. The molecule has 0 bridgehead atoms. The summed E-state index contributed by atoms with van der Waals surface area (Å²) in [5, 5.41) is 4.68. The molecule has 35 heavy (non-hydrogen) atoms. The molecule has 1 amide bonds. The van der Waals surface area contributed by atoms with Crippen LogP contribution in [-0.2, 0) is 20.8 Å². The lowest BCUT2D eigenvalue weighted by atomic mass is 10.2. The van der Waals surface area contributed by atoms with Crippen molar-refractivity contribution in [2.24, 2.45) is 0 Å². The molecule has 2 N–H and O–H groups in total. The summed E-state index contributed by atoms with van der Waals surface area (Å²) in [6.07, 6.45) is -4.62. The maximum atomic E-state index is 13.4. The van der Waals surface area contributed by atoms with E-state index < -0.39 is 34.0 Å². The topological polar surface area (TPSA) is 84.5 Å². The van der Waals surface area contributed by atoms with Crippen LogP contribution < -0.4 is 15.4 Å². The van der Waals surface area contributed by atoms with E-state index in [9.17, 15) is 26.4 Å². The zero-order chi connectivity index (χ0) is 26.0. The van der Waals surface area contributed by atoms with Crippen molar-refractivity contribution < 1.29 is 31.1 Å². The van der Waals surface area contributed by atoms with Gasteiger partial charge in [-0.15, -0.1) is 0 Å². The summed E-state index contributed by atoms with van der Waals surface area (Å²) >= 11 is 12.2. The lowest BCUT2D eigenvalue weighted by Crippen LogP contribution is -2.23. The Kier molecular flexibility index (Phi) is 7.88. The molecule has 0 saturated heterocycles. The SMILES string of the molecule is COc1ccc(NCC(=O)Nc2cc(C(F)(F)F)ccc2Cl)c(S(=O)(=O)c2ccc(C)cc2)c1Cl. The second-order valence-corrected chi connectivity index (χ2v) is 10.0. The predicted molar refractivity (Wildman–Crippen MR) is 128 cm³/mol. The molecule has 0 radical (unpaired) electrons. The fourth-order valence-corrected chi connectivity index (χ4v) is 5.31. The Morgan fingerprint density at radius 1 is 1.00 bits per heavy atom. The Bertz CT molecular complexity index is 1360. The van der Waals surface area contributed by atoms with Gasteiger partial charge in [0, 0.05) is 0 Å². The van der Waals surface area contributed by atoms with E-state index in [4.69, 9.17) is 27.9 Å². The van der Waals surface area contributed by atoms with Crippen LogP contribution in [0.2, 0.25) is 10.0 Å². The van der Waals surface area contributed by atoms with Crippen LogP contribution >= 0.6 is 23.2 Å². The van der Waals surface area contributed by atoms with Crippen molar-refractivity contribution in [1.82, 2.24) is 0 Å². The minimum Gasteiger partial charge on any atom is -0.495 e. The molecule has 0 unspecified atom stereocenters. The molecule has 0 aliphatic rings. The van der Waals surface area contributed by atoms with E-state index in [1.165, 1.54) is 31.4 Å². The first kappa shape index (κ1) is 26.7.